The summed E-state index contributed by atoms with van der Waals surface area (Å²) in [4.78, 5) is 12.3. The van der Waals surface area contributed by atoms with Crippen molar-refractivity contribution in [3.63, 3.8) is 0 Å². The zero-order valence-electron chi connectivity index (χ0n) is 7.30. The number of nitrogens with one attached hydrogen (secondary N) is 1. The summed E-state index contributed by atoms with van der Waals surface area (Å²) in [6, 6.07) is 0. The SMILES string of the molecule is CC(C)(C)/C=C1\SC(=O)NC1=S. The number of hydrogen-bond donors (Lipinski definition) is 1. The summed E-state index contributed by atoms with van der Waals surface area (Å²) in [6.07, 6.45) is 2.01. The lowest BCUT2D eigenvalue weighted by atomic mass is 9.96. The monoisotopic (exact) mass is 201 g/mol. The van der Waals surface area contributed by atoms with Crippen molar-refractivity contribution in [2.45, 2.75) is 20.8 Å². The van der Waals surface area contributed by atoms with Crippen molar-refractivity contribution in [2.24, 2.45) is 5.41 Å². The van der Waals surface area contributed by atoms with Crippen molar-refractivity contribution in [1.82, 2.24) is 5.32 Å². The van der Waals surface area contributed by atoms with Crippen LogP contribution in [0.25, 0.3) is 0 Å². The molecule has 0 saturated carbocycles. The fourth-order valence-corrected chi connectivity index (χ4v) is 2.06. The van der Waals surface area contributed by atoms with Crippen molar-refractivity contribution < 1.29 is 4.79 Å². The molecule has 1 amide bonds. The summed E-state index contributed by atoms with van der Waals surface area (Å²) in [7, 11) is 0. The molecular formula is C8H11NOS2. The molecule has 1 rings (SSSR count). The van der Waals surface area contributed by atoms with E-state index in [1.807, 2.05) is 6.08 Å². The molecule has 0 spiro atoms. The van der Waals surface area contributed by atoms with Gasteiger partial charge >= 0.3 is 0 Å². The molecule has 12 heavy (non-hydrogen) atoms. The number of hydrogen-bond acceptors (Lipinski definition) is 3. The minimum absolute atomic E-state index is 0.0681. The first-order chi connectivity index (χ1) is 5.38. The van der Waals surface area contributed by atoms with E-state index in [9.17, 15) is 4.79 Å². The summed E-state index contributed by atoms with van der Waals surface area (Å²) in [5.74, 6) is 0. The molecule has 0 bridgehead atoms. The molecule has 4 heteroatoms. The first-order valence-electron chi connectivity index (χ1n) is 3.64. The highest BCUT2D eigenvalue weighted by molar-refractivity contribution is 8.19. The number of carbonyl (C=O) groups excluding carboxylic acids is 1. The zero-order valence-corrected chi connectivity index (χ0v) is 8.94. The Bertz CT molecular complexity index is 263. The maximum absolute atomic E-state index is 10.9. The molecule has 2 nitrogen and oxygen atoms in total. The second-order valence-corrected chi connectivity index (χ2v) is 5.14. The maximum Gasteiger partial charge on any atom is 0.289 e. The average Bonchev–Trinajstić information content (AvgIpc) is 2.06. The third-order valence-electron chi connectivity index (χ3n) is 1.21. The van der Waals surface area contributed by atoms with E-state index in [1.54, 1.807) is 0 Å². The summed E-state index contributed by atoms with van der Waals surface area (Å²) < 4.78 is 0. The van der Waals surface area contributed by atoms with Crippen molar-refractivity contribution in [1.29, 1.82) is 0 Å². The van der Waals surface area contributed by atoms with Crippen molar-refractivity contribution >= 4 is 34.2 Å². The molecular weight excluding hydrogens is 190 g/mol. The van der Waals surface area contributed by atoms with Gasteiger partial charge in [-0.3, -0.25) is 4.79 Å². The molecule has 1 fully saturated rings. The van der Waals surface area contributed by atoms with E-state index in [2.05, 4.69) is 26.1 Å². The van der Waals surface area contributed by atoms with Gasteiger partial charge in [-0.25, -0.2) is 0 Å². The number of amides is 1. The Morgan fingerprint density at radius 2 is 2.08 bits per heavy atom. The van der Waals surface area contributed by atoms with Crippen LogP contribution >= 0.6 is 24.0 Å². The van der Waals surface area contributed by atoms with Crippen LogP contribution in [-0.2, 0) is 0 Å². The van der Waals surface area contributed by atoms with Gasteiger partial charge in [-0.2, -0.15) is 0 Å². The zero-order chi connectivity index (χ0) is 9.35. The Morgan fingerprint density at radius 3 is 2.42 bits per heavy atom. The highest BCUT2D eigenvalue weighted by Crippen LogP contribution is 2.29. The van der Waals surface area contributed by atoms with E-state index < -0.39 is 0 Å². The summed E-state index contributed by atoms with van der Waals surface area (Å²) >= 11 is 6.13. The molecule has 1 aliphatic rings. The molecule has 66 valence electrons. The molecule has 0 radical (unpaired) electrons. The number of rotatable bonds is 0. The number of thioether (sulfide) groups is 1. The Balaban J connectivity index is 2.84. The van der Waals surface area contributed by atoms with Gasteiger partial charge in [0.25, 0.3) is 5.24 Å². The van der Waals surface area contributed by atoms with Crippen molar-refractivity contribution in [3.8, 4) is 0 Å². The molecule has 0 aliphatic carbocycles. The lowest BCUT2D eigenvalue weighted by Gasteiger charge is -2.12. The normalized spacial score (nSPS) is 21.8. The first kappa shape index (κ1) is 9.74. The Kier molecular flexibility index (Phi) is 2.58. The maximum atomic E-state index is 10.9. The highest BCUT2D eigenvalue weighted by atomic mass is 32.2. The topological polar surface area (TPSA) is 29.1 Å². The van der Waals surface area contributed by atoms with Crippen LogP contribution in [0.5, 0.6) is 0 Å². The highest BCUT2D eigenvalue weighted by Gasteiger charge is 2.23. The predicted octanol–water partition coefficient (Wildman–Crippen LogP) is 2.70. The van der Waals surface area contributed by atoms with Gasteiger partial charge in [-0.1, -0.05) is 39.1 Å². The number of carbonyl (C=O) groups is 1. The van der Waals surface area contributed by atoms with Crippen LogP contribution in [0, 0.1) is 5.41 Å². The fourth-order valence-electron chi connectivity index (χ4n) is 0.814. The molecule has 0 aromatic heterocycles. The Labute approximate surface area is 81.8 Å². The van der Waals surface area contributed by atoms with E-state index in [0.717, 1.165) is 4.91 Å². The molecule has 0 aromatic rings. The molecule has 1 N–H and O–H groups in total. The molecule has 1 aliphatic heterocycles. The lowest BCUT2D eigenvalue weighted by Crippen LogP contribution is -2.16. The van der Waals surface area contributed by atoms with Crippen molar-refractivity contribution in [2.75, 3.05) is 0 Å². The standard InChI is InChI=1S/C8H11NOS2/c1-8(2,3)4-5-6(11)9-7(10)12-5/h4H,1-3H3,(H,9,10,11)/b5-4-. The van der Waals surface area contributed by atoms with Crippen LogP contribution in [0.2, 0.25) is 0 Å². The Hall–Kier alpha value is -0.350. The van der Waals surface area contributed by atoms with Gasteiger partial charge in [-0.05, 0) is 17.2 Å². The van der Waals surface area contributed by atoms with Gasteiger partial charge in [0.1, 0.15) is 4.99 Å². The quantitative estimate of drug-likeness (QED) is 0.482. The second kappa shape index (κ2) is 3.18. The van der Waals surface area contributed by atoms with Crippen LogP contribution in [0.1, 0.15) is 20.8 Å². The average molecular weight is 201 g/mol. The van der Waals surface area contributed by atoms with Gasteiger partial charge in [-0.15, -0.1) is 0 Å². The third kappa shape index (κ3) is 2.60. The van der Waals surface area contributed by atoms with E-state index in [1.165, 1.54) is 11.8 Å². The van der Waals surface area contributed by atoms with E-state index in [-0.39, 0.29) is 10.7 Å². The van der Waals surface area contributed by atoms with Crippen LogP contribution in [0.15, 0.2) is 11.0 Å². The van der Waals surface area contributed by atoms with Crippen LogP contribution in [0.3, 0.4) is 0 Å². The number of allylic oxidation sites excluding steroid dienone is 1. The van der Waals surface area contributed by atoms with Gasteiger partial charge in [0.05, 0.1) is 0 Å². The molecule has 0 atom stereocenters. The van der Waals surface area contributed by atoms with E-state index in [4.69, 9.17) is 12.2 Å². The van der Waals surface area contributed by atoms with Crippen LogP contribution in [0.4, 0.5) is 4.79 Å². The minimum atomic E-state index is -0.0736. The van der Waals surface area contributed by atoms with Gasteiger partial charge in [0, 0.05) is 4.91 Å². The largest absolute Gasteiger partial charge is 0.307 e. The minimum Gasteiger partial charge on any atom is -0.307 e. The van der Waals surface area contributed by atoms with Crippen LogP contribution in [-0.4, -0.2) is 10.2 Å². The fraction of sp³-hybridized carbons (Fsp3) is 0.500. The van der Waals surface area contributed by atoms with Gasteiger partial charge in [0.15, 0.2) is 0 Å². The Morgan fingerprint density at radius 1 is 1.50 bits per heavy atom. The van der Waals surface area contributed by atoms with E-state index in [0.29, 0.717) is 4.99 Å². The summed E-state index contributed by atoms with van der Waals surface area (Å²) in [5, 5.41) is 2.50. The first-order valence-corrected chi connectivity index (χ1v) is 4.87. The number of thiocarbonyl (C=S) groups is 1. The second-order valence-electron chi connectivity index (χ2n) is 3.72. The predicted molar refractivity (Wildman–Crippen MR) is 56.3 cm³/mol. The molecule has 1 saturated heterocycles. The molecule has 0 aromatic carbocycles. The van der Waals surface area contributed by atoms with Gasteiger partial charge in [0.2, 0.25) is 0 Å². The lowest BCUT2D eigenvalue weighted by molar-refractivity contribution is 0.265. The smallest absolute Gasteiger partial charge is 0.289 e. The molecule has 0 unspecified atom stereocenters. The third-order valence-corrected chi connectivity index (χ3v) is 2.49. The van der Waals surface area contributed by atoms with Gasteiger partial charge < -0.3 is 5.32 Å². The summed E-state index contributed by atoms with van der Waals surface area (Å²) in [6.45, 7) is 6.23. The van der Waals surface area contributed by atoms with Crippen molar-refractivity contribution in [3.05, 3.63) is 11.0 Å². The van der Waals surface area contributed by atoms with Crippen LogP contribution < -0.4 is 5.32 Å². The van der Waals surface area contributed by atoms with E-state index >= 15 is 0 Å². The summed E-state index contributed by atoms with van der Waals surface area (Å²) in [5.41, 5.74) is 0.0681. The molecule has 1 heterocycles.